The molecule has 1 aliphatic heterocycles. The lowest BCUT2D eigenvalue weighted by Crippen LogP contribution is -2.48. The average molecular weight is 362 g/mol. The van der Waals surface area contributed by atoms with Crippen molar-refractivity contribution in [3.8, 4) is 0 Å². The minimum Gasteiger partial charge on any atom is -0.296 e. The van der Waals surface area contributed by atoms with Crippen LogP contribution in [0.2, 0.25) is 0 Å². The average Bonchev–Trinajstić information content (AvgIpc) is 2.55. The number of halogens is 1. The molecule has 0 aromatic heterocycles. The third kappa shape index (κ3) is 4.26. The molecule has 1 aliphatic rings. The second kappa shape index (κ2) is 7.23. The van der Waals surface area contributed by atoms with Crippen molar-refractivity contribution >= 4 is 10.0 Å². The second-order valence-corrected chi connectivity index (χ2v) is 8.57. The van der Waals surface area contributed by atoms with Gasteiger partial charge in [-0.15, -0.1) is 0 Å². The Kier molecular flexibility index (Phi) is 5.22. The zero-order valence-corrected chi connectivity index (χ0v) is 15.4. The van der Waals surface area contributed by atoms with E-state index in [0.29, 0.717) is 26.2 Å². The van der Waals surface area contributed by atoms with Gasteiger partial charge in [0.15, 0.2) is 0 Å². The first kappa shape index (κ1) is 18.0. The van der Waals surface area contributed by atoms with Crippen molar-refractivity contribution in [2.75, 3.05) is 26.2 Å². The van der Waals surface area contributed by atoms with E-state index in [4.69, 9.17) is 0 Å². The highest BCUT2D eigenvalue weighted by Crippen LogP contribution is 2.19. The van der Waals surface area contributed by atoms with Crippen molar-refractivity contribution in [2.24, 2.45) is 0 Å². The third-order valence-corrected chi connectivity index (χ3v) is 6.38. The van der Waals surface area contributed by atoms with E-state index in [0.717, 1.165) is 6.54 Å². The van der Waals surface area contributed by atoms with E-state index in [1.807, 2.05) is 0 Å². The molecule has 0 atom stereocenters. The number of nitrogens with zero attached hydrogens (tertiary/aromatic N) is 2. The smallest absolute Gasteiger partial charge is 0.243 e. The summed E-state index contributed by atoms with van der Waals surface area (Å²) in [6.07, 6.45) is 0. The van der Waals surface area contributed by atoms with Crippen LogP contribution in [0.25, 0.3) is 0 Å². The van der Waals surface area contributed by atoms with Gasteiger partial charge in [0.05, 0.1) is 4.90 Å². The molecule has 1 heterocycles. The summed E-state index contributed by atoms with van der Waals surface area (Å²) in [5.41, 5.74) is 3.74. The Morgan fingerprint density at radius 3 is 2.04 bits per heavy atom. The molecule has 0 radical (unpaired) electrons. The summed E-state index contributed by atoms with van der Waals surface area (Å²) in [6, 6.07) is 11.5. The van der Waals surface area contributed by atoms with Crippen molar-refractivity contribution in [1.29, 1.82) is 0 Å². The largest absolute Gasteiger partial charge is 0.296 e. The van der Waals surface area contributed by atoms with Gasteiger partial charge in [-0.25, -0.2) is 12.8 Å². The lowest BCUT2D eigenvalue weighted by Gasteiger charge is -2.34. The molecular formula is C19H23FN2O2S. The van der Waals surface area contributed by atoms with Gasteiger partial charge in [-0.05, 0) is 43.7 Å². The van der Waals surface area contributed by atoms with E-state index in [-0.39, 0.29) is 4.90 Å². The summed E-state index contributed by atoms with van der Waals surface area (Å²) in [7, 11) is -3.55. The Bertz CT molecular complexity index is 822. The van der Waals surface area contributed by atoms with Crippen LogP contribution in [0.3, 0.4) is 0 Å². The van der Waals surface area contributed by atoms with E-state index >= 15 is 0 Å². The van der Waals surface area contributed by atoms with Crippen molar-refractivity contribution in [3.63, 3.8) is 0 Å². The molecule has 2 aromatic carbocycles. The van der Waals surface area contributed by atoms with E-state index < -0.39 is 15.8 Å². The molecule has 1 saturated heterocycles. The Labute approximate surface area is 148 Å². The Hall–Kier alpha value is -1.76. The molecule has 0 unspecified atom stereocenters. The summed E-state index contributed by atoms with van der Waals surface area (Å²) >= 11 is 0. The van der Waals surface area contributed by atoms with Crippen LogP contribution in [0.15, 0.2) is 47.4 Å². The predicted octanol–water partition coefficient (Wildman–Crippen LogP) is 2.95. The standard InChI is InChI=1S/C19H23FN2O2S/c1-15-11-16(2)13-17(12-15)14-21-7-9-22(10-8-21)25(23,24)19-5-3-18(20)4-6-19/h3-6,11-13H,7-10,14H2,1-2H3. The van der Waals surface area contributed by atoms with Crippen molar-refractivity contribution in [2.45, 2.75) is 25.3 Å². The van der Waals surface area contributed by atoms with Crippen LogP contribution in [0.4, 0.5) is 4.39 Å². The van der Waals surface area contributed by atoms with Crippen molar-refractivity contribution in [3.05, 3.63) is 65.0 Å². The fourth-order valence-corrected chi connectivity index (χ4v) is 4.72. The minimum absolute atomic E-state index is 0.150. The van der Waals surface area contributed by atoms with Gasteiger partial charge in [0, 0.05) is 32.7 Å². The summed E-state index contributed by atoms with van der Waals surface area (Å²) < 4.78 is 39.8. The Morgan fingerprint density at radius 2 is 1.48 bits per heavy atom. The summed E-state index contributed by atoms with van der Waals surface area (Å²) in [4.78, 5) is 2.42. The molecule has 2 aromatic rings. The minimum atomic E-state index is -3.55. The molecule has 0 aliphatic carbocycles. The van der Waals surface area contributed by atoms with E-state index in [9.17, 15) is 12.8 Å². The van der Waals surface area contributed by atoms with Crippen molar-refractivity contribution < 1.29 is 12.8 Å². The number of hydrogen-bond donors (Lipinski definition) is 0. The monoisotopic (exact) mass is 362 g/mol. The van der Waals surface area contributed by atoms with Gasteiger partial charge >= 0.3 is 0 Å². The van der Waals surface area contributed by atoms with E-state index in [1.165, 1.54) is 45.3 Å². The van der Waals surface area contributed by atoms with E-state index in [2.05, 4.69) is 36.9 Å². The summed E-state index contributed by atoms with van der Waals surface area (Å²) in [5.74, 6) is -0.433. The van der Waals surface area contributed by atoms with Crippen LogP contribution in [0, 0.1) is 19.7 Å². The van der Waals surface area contributed by atoms with Crippen molar-refractivity contribution in [1.82, 2.24) is 9.21 Å². The summed E-state index contributed by atoms with van der Waals surface area (Å²) in [5, 5.41) is 0. The van der Waals surface area contributed by atoms with Gasteiger partial charge in [0.1, 0.15) is 5.82 Å². The number of aryl methyl sites for hydroxylation is 2. The highest BCUT2D eigenvalue weighted by atomic mass is 32.2. The molecule has 6 heteroatoms. The van der Waals surface area contributed by atoms with Gasteiger partial charge in [-0.2, -0.15) is 4.31 Å². The highest BCUT2D eigenvalue weighted by molar-refractivity contribution is 7.89. The lowest BCUT2D eigenvalue weighted by atomic mass is 10.1. The first-order chi connectivity index (χ1) is 11.8. The molecule has 25 heavy (non-hydrogen) atoms. The highest BCUT2D eigenvalue weighted by Gasteiger charge is 2.28. The number of benzene rings is 2. The van der Waals surface area contributed by atoms with Crippen LogP contribution in [0.5, 0.6) is 0 Å². The molecule has 0 saturated carbocycles. The maximum absolute atomic E-state index is 13.0. The normalized spacial score (nSPS) is 16.9. The molecule has 1 fully saturated rings. The molecule has 0 bridgehead atoms. The van der Waals surface area contributed by atoms with Gasteiger partial charge in [0.2, 0.25) is 10.0 Å². The zero-order chi connectivity index (χ0) is 18.0. The first-order valence-corrected chi connectivity index (χ1v) is 9.84. The fraction of sp³-hybridized carbons (Fsp3) is 0.368. The molecular weight excluding hydrogens is 339 g/mol. The number of hydrogen-bond acceptors (Lipinski definition) is 3. The number of piperazine rings is 1. The van der Waals surface area contributed by atoms with Crippen LogP contribution in [-0.4, -0.2) is 43.8 Å². The third-order valence-electron chi connectivity index (χ3n) is 4.47. The lowest BCUT2D eigenvalue weighted by molar-refractivity contribution is 0.181. The summed E-state index contributed by atoms with van der Waals surface area (Å²) in [6.45, 7) is 7.27. The maximum Gasteiger partial charge on any atom is 0.243 e. The SMILES string of the molecule is Cc1cc(C)cc(CN2CCN(S(=O)(=O)c3ccc(F)cc3)CC2)c1. The number of sulfonamides is 1. The van der Waals surface area contributed by atoms with Gasteiger partial charge in [-0.3, -0.25) is 4.90 Å². The maximum atomic E-state index is 13.0. The quantitative estimate of drug-likeness (QED) is 0.840. The molecule has 134 valence electrons. The zero-order valence-electron chi connectivity index (χ0n) is 14.6. The predicted molar refractivity (Wildman–Crippen MR) is 96.4 cm³/mol. The topological polar surface area (TPSA) is 40.6 Å². The molecule has 0 amide bonds. The van der Waals surface area contributed by atoms with E-state index in [1.54, 1.807) is 0 Å². The second-order valence-electron chi connectivity index (χ2n) is 6.63. The molecule has 3 rings (SSSR count). The van der Waals surface area contributed by atoms with Gasteiger partial charge in [-0.1, -0.05) is 29.3 Å². The van der Waals surface area contributed by atoms with Crippen LogP contribution in [-0.2, 0) is 16.6 Å². The molecule has 0 spiro atoms. The van der Waals surface area contributed by atoms with Crippen LogP contribution < -0.4 is 0 Å². The first-order valence-electron chi connectivity index (χ1n) is 8.40. The molecule has 4 nitrogen and oxygen atoms in total. The fourth-order valence-electron chi connectivity index (χ4n) is 3.30. The van der Waals surface area contributed by atoms with Gasteiger partial charge in [0.25, 0.3) is 0 Å². The Morgan fingerprint density at radius 1 is 0.920 bits per heavy atom. The van der Waals surface area contributed by atoms with Crippen LogP contribution >= 0.6 is 0 Å². The van der Waals surface area contributed by atoms with Crippen LogP contribution in [0.1, 0.15) is 16.7 Å². The molecule has 0 N–H and O–H groups in total. The van der Waals surface area contributed by atoms with Gasteiger partial charge < -0.3 is 0 Å². The number of rotatable bonds is 4. The Balaban J connectivity index is 1.64.